The number of pyridine rings is 1. The van der Waals surface area contributed by atoms with Crippen LogP contribution in [-0.2, 0) is 0 Å². The Balaban J connectivity index is 1.94. The van der Waals surface area contributed by atoms with Crippen molar-refractivity contribution >= 4 is 27.4 Å². The van der Waals surface area contributed by atoms with Gasteiger partial charge in [-0.25, -0.2) is 4.98 Å². The van der Waals surface area contributed by atoms with Crippen molar-refractivity contribution in [1.82, 2.24) is 15.2 Å². The van der Waals surface area contributed by atoms with Crippen LogP contribution in [0.1, 0.15) is 0 Å². The van der Waals surface area contributed by atoms with E-state index in [9.17, 15) is 10.1 Å². The number of anilines is 1. The lowest BCUT2D eigenvalue weighted by atomic mass is 10.3. The molecule has 0 unspecified atom stereocenters. The van der Waals surface area contributed by atoms with Crippen LogP contribution < -0.4 is 10.2 Å². The minimum atomic E-state index is -0.442. The van der Waals surface area contributed by atoms with Gasteiger partial charge in [-0.1, -0.05) is 0 Å². The number of likely N-dealkylation sites (N-methyl/N-ethyl adjacent to an activating group) is 1. The van der Waals surface area contributed by atoms with Gasteiger partial charge in [0.15, 0.2) is 0 Å². The monoisotopic (exact) mass is 343 g/mol. The molecule has 110 valence electrons. The maximum Gasteiger partial charge on any atom is 0.288 e. The zero-order valence-corrected chi connectivity index (χ0v) is 13.0. The van der Waals surface area contributed by atoms with Gasteiger partial charge in [0.25, 0.3) is 5.69 Å². The number of hydrogen-bond donors (Lipinski definition) is 1. The molecule has 0 atom stereocenters. The van der Waals surface area contributed by atoms with Crippen molar-refractivity contribution in [2.75, 3.05) is 51.2 Å². The minimum absolute atomic E-state index is 0.00358. The topological polar surface area (TPSA) is 74.5 Å². The minimum Gasteiger partial charge on any atom is -0.357 e. The van der Waals surface area contributed by atoms with E-state index in [4.69, 9.17) is 0 Å². The molecule has 0 spiro atoms. The molecule has 1 N–H and O–H groups in total. The molecule has 1 aromatic heterocycles. The van der Waals surface area contributed by atoms with Gasteiger partial charge in [0.1, 0.15) is 12.0 Å². The number of halogens is 1. The highest BCUT2D eigenvalue weighted by atomic mass is 79.9. The summed E-state index contributed by atoms with van der Waals surface area (Å²) in [4.78, 5) is 18.8. The van der Waals surface area contributed by atoms with Gasteiger partial charge in [-0.3, -0.25) is 15.0 Å². The summed E-state index contributed by atoms with van der Waals surface area (Å²) in [5.41, 5.74) is -0.00358. The van der Waals surface area contributed by atoms with Crippen molar-refractivity contribution in [1.29, 1.82) is 0 Å². The Bertz CT molecular complexity index is 479. The lowest BCUT2D eigenvalue weighted by Gasteiger charge is -2.29. The van der Waals surface area contributed by atoms with Gasteiger partial charge in [0, 0.05) is 52.4 Å². The summed E-state index contributed by atoms with van der Waals surface area (Å²) in [5.74, 6) is 0.728. The van der Waals surface area contributed by atoms with E-state index in [-0.39, 0.29) is 5.69 Å². The molecule has 1 fully saturated rings. The van der Waals surface area contributed by atoms with Crippen molar-refractivity contribution in [3.05, 3.63) is 26.9 Å². The van der Waals surface area contributed by atoms with Crippen LogP contribution in [0.2, 0.25) is 0 Å². The van der Waals surface area contributed by atoms with Gasteiger partial charge in [-0.05, 0) is 15.9 Å². The highest BCUT2D eigenvalue weighted by molar-refractivity contribution is 9.10. The molecule has 1 aromatic rings. The van der Waals surface area contributed by atoms with Crippen LogP contribution >= 0.6 is 15.9 Å². The molecule has 8 heteroatoms. The molecule has 7 nitrogen and oxygen atoms in total. The van der Waals surface area contributed by atoms with Crippen molar-refractivity contribution in [2.24, 2.45) is 0 Å². The molecule has 0 amide bonds. The van der Waals surface area contributed by atoms with E-state index >= 15 is 0 Å². The third-order valence-corrected chi connectivity index (χ3v) is 3.92. The molecule has 1 aliphatic rings. The van der Waals surface area contributed by atoms with E-state index < -0.39 is 4.92 Å². The van der Waals surface area contributed by atoms with Crippen LogP contribution in [0.3, 0.4) is 0 Å². The average Bonchev–Trinajstić information content (AvgIpc) is 2.45. The maximum atomic E-state index is 10.7. The predicted octanol–water partition coefficient (Wildman–Crippen LogP) is 1.09. The van der Waals surface area contributed by atoms with E-state index in [0.717, 1.165) is 45.1 Å². The van der Waals surface area contributed by atoms with Gasteiger partial charge in [-0.2, -0.15) is 0 Å². The third-order valence-electron chi connectivity index (χ3n) is 3.34. The fraction of sp³-hybridized carbons (Fsp3) is 0.583. The fourth-order valence-corrected chi connectivity index (χ4v) is 2.77. The highest BCUT2D eigenvalue weighted by Gasteiger charge is 2.15. The zero-order chi connectivity index (χ0) is 14.5. The number of nitrogens with one attached hydrogen (secondary N) is 1. The smallest absolute Gasteiger partial charge is 0.288 e. The molecule has 1 aliphatic heterocycles. The standard InChI is InChI=1S/C12H18BrN5O2/c1-16(6-7-17-4-2-14-3-5-17)12-11(13)8-10(9-15-12)18(19)20/h8-9,14H,2-7H2,1H3. The van der Waals surface area contributed by atoms with Crippen LogP contribution in [0.4, 0.5) is 11.5 Å². The van der Waals surface area contributed by atoms with E-state index in [0.29, 0.717) is 4.47 Å². The summed E-state index contributed by atoms with van der Waals surface area (Å²) in [6.45, 7) is 5.98. The molecule has 2 rings (SSSR count). The largest absolute Gasteiger partial charge is 0.357 e. The molecule has 0 aromatic carbocycles. The zero-order valence-electron chi connectivity index (χ0n) is 11.4. The summed E-state index contributed by atoms with van der Waals surface area (Å²) in [5, 5.41) is 14.0. The second-order valence-corrected chi connectivity index (χ2v) is 5.62. The Labute approximate surface area is 126 Å². The Morgan fingerprint density at radius 3 is 2.85 bits per heavy atom. The van der Waals surface area contributed by atoms with Gasteiger partial charge in [-0.15, -0.1) is 0 Å². The first-order valence-corrected chi connectivity index (χ1v) is 7.31. The van der Waals surface area contributed by atoms with Crippen LogP contribution in [0.15, 0.2) is 16.7 Å². The number of aromatic nitrogens is 1. The van der Waals surface area contributed by atoms with Gasteiger partial charge < -0.3 is 10.2 Å². The van der Waals surface area contributed by atoms with Crippen molar-refractivity contribution in [3.63, 3.8) is 0 Å². The number of piperazine rings is 1. The Hall–Kier alpha value is -1.25. The lowest BCUT2D eigenvalue weighted by Crippen LogP contribution is -2.46. The van der Waals surface area contributed by atoms with Crippen molar-refractivity contribution in [2.45, 2.75) is 0 Å². The summed E-state index contributed by atoms with van der Waals surface area (Å²) in [6, 6.07) is 1.49. The Morgan fingerprint density at radius 1 is 1.55 bits per heavy atom. The van der Waals surface area contributed by atoms with Gasteiger partial charge >= 0.3 is 0 Å². The predicted molar refractivity (Wildman–Crippen MR) is 81.2 cm³/mol. The maximum absolute atomic E-state index is 10.7. The SMILES string of the molecule is CN(CCN1CCNCC1)c1ncc([N+](=O)[O-])cc1Br. The van der Waals surface area contributed by atoms with Crippen LogP contribution in [0.5, 0.6) is 0 Å². The first-order chi connectivity index (χ1) is 9.58. The molecule has 0 saturated carbocycles. The summed E-state index contributed by atoms with van der Waals surface area (Å²) in [7, 11) is 1.95. The average molecular weight is 344 g/mol. The Kier molecular flexibility index (Phi) is 5.27. The highest BCUT2D eigenvalue weighted by Crippen LogP contribution is 2.26. The fourth-order valence-electron chi connectivity index (χ4n) is 2.13. The molecule has 2 heterocycles. The quantitative estimate of drug-likeness (QED) is 0.637. The Morgan fingerprint density at radius 2 is 2.25 bits per heavy atom. The molecule has 0 radical (unpaired) electrons. The number of hydrogen-bond acceptors (Lipinski definition) is 6. The molecular weight excluding hydrogens is 326 g/mol. The first kappa shape index (κ1) is 15.1. The first-order valence-electron chi connectivity index (χ1n) is 6.52. The normalized spacial score (nSPS) is 16.1. The molecule has 20 heavy (non-hydrogen) atoms. The second-order valence-electron chi connectivity index (χ2n) is 4.77. The number of nitrogens with zero attached hydrogens (tertiary/aromatic N) is 4. The number of nitro groups is 1. The van der Waals surface area contributed by atoms with Crippen LogP contribution in [0.25, 0.3) is 0 Å². The van der Waals surface area contributed by atoms with Crippen molar-refractivity contribution in [3.8, 4) is 0 Å². The molecule has 0 bridgehead atoms. The van der Waals surface area contributed by atoms with Crippen LogP contribution in [-0.4, -0.2) is 61.1 Å². The molecular formula is C12H18BrN5O2. The van der Waals surface area contributed by atoms with Gasteiger partial charge in [0.05, 0.1) is 9.40 Å². The summed E-state index contributed by atoms with van der Waals surface area (Å²) < 4.78 is 0.648. The molecule has 0 aliphatic carbocycles. The van der Waals surface area contributed by atoms with E-state index in [1.807, 2.05) is 11.9 Å². The lowest BCUT2D eigenvalue weighted by molar-refractivity contribution is -0.385. The second kappa shape index (κ2) is 6.96. The van der Waals surface area contributed by atoms with E-state index in [1.165, 1.54) is 12.3 Å². The van der Waals surface area contributed by atoms with E-state index in [1.54, 1.807) is 0 Å². The molecule has 1 saturated heterocycles. The van der Waals surface area contributed by atoms with Gasteiger partial charge in [0.2, 0.25) is 0 Å². The van der Waals surface area contributed by atoms with E-state index in [2.05, 4.69) is 31.1 Å². The van der Waals surface area contributed by atoms with Crippen LogP contribution in [0, 0.1) is 10.1 Å². The third kappa shape index (κ3) is 3.87. The summed E-state index contributed by atoms with van der Waals surface area (Å²) in [6.07, 6.45) is 1.29. The van der Waals surface area contributed by atoms with Crippen molar-refractivity contribution < 1.29 is 4.92 Å². The number of rotatable bonds is 5. The summed E-state index contributed by atoms with van der Waals surface area (Å²) >= 11 is 3.35.